The predicted octanol–water partition coefficient (Wildman–Crippen LogP) is -0.764. The van der Waals surface area contributed by atoms with Gasteiger partial charge >= 0.3 is 6.10 Å². The number of rotatable bonds is 2. The summed E-state index contributed by atoms with van der Waals surface area (Å²) in [6.45, 7) is 3.22. The molecule has 2 fully saturated rings. The lowest BCUT2D eigenvalue weighted by molar-refractivity contribution is -0.392. The van der Waals surface area contributed by atoms with Gasteiger partial charge in [-0.2, -0.15) is 0 Å². The first-order valence-electron chi connectivity index (χ1n) is 5.61. The molecule has 0 aromatic rings. The largest absolute Gasteiger partial charge is 0.346 e. The molecule has 1 spiro atoms. The lowest BCUT2D eigenvalue weighted by Crippen LogP contribution is -2.66. The SMILES string of the molecule is CC(C)N1CC2(C1)CN(C(O)(O)O)CC2(F)F. The van der Waals surface area contributed by atoms with Gasteiger partial charge < -0.3 is 15.3 Å². The molecule has 100 valence electrons. The van der Waals surface area contributed by atoms with Gasteiger partial charge in [-0.15, -0.1) is 0 Å². The maximum atomic E-state index is 13.9. The number of hydrogen-bond acceptors (Lipinski definition) is 5. The van der Waals surface area contributed by atoms with E-state index in [4.69, 9.17) is 15.3 Å². The minimum atomic E-state index is -3.16. The van der Waals surface area contributed by atoms with E-state index in [-0.39, 0.29) is 25.7 Å². The van der Waals surface area contributed by atoms with E-state index >= 15 is 0 Å². The first kappa shape index (κ1) is 13.1. The first-order valence-corrected chi connectivity index (χ1v) is 5.61. The molecule has 2 rings (SSSR count). The molecule has 2 saturated heterocycles. The average Bonchev–Trinajstić information content (AvgIpc) is 2.32. The predicted molar refractivity (Wildman–Crippen MR) is 55.0 cm³/mol. The monoisotopic (exact) mass is 252 g/mol. The van der Waals surface area contributed by atoms with Crippen LogP contribution >= 0.6 is 0 Å². The minimum absolute atomic E-state index is 0.188. The second-order valence-corrected chi connectivity index (χ2v) is 5.44. The van der Waals surface area contributed by atoms with Gasteiger partial charge in [-0.25, -0.2) is 13.7 Å². The Morgan fingerprint density at radius 2 is 1.59 bits per heavy atom. The number of likely N-dealkylation sites (tertiary alicyclic amines) is 2. The summed E-state index contributed by atoms with van der Waals surface area (Å²) in [7, 11) is 0. The highest BCUT2D eigenvalue weighted by atomic mass is 19.3. The molecule has 2 aliphatic heterocycles. The molecule has 0 bridgehead atoms. The van der Waals surface area contributed by atoms with E-state index in [9.17, 15) is 8.78 Å². The molecule has 3 N–H and O–H groups in total. The van der Waals surface area contributed by atoms with Gasteiger partial charge in [0.15, 0.2) is 0 Å². The van der Waals surface area contributed by atoms with Crippen LogP contribution in [0.3, 0.4) is 0 Å². The van der Waals surface area contributed by atoms with E-state index < -0.39 is 24.0 Å². The van der Waals surface area contributed by atoms with Crippen molar-refractivity contribution in [2.45, 2.75) is 31.9 Å². The van der Waals surface area contributed by atoms with Crippen molar-refractivity contribution < 1.29 is 24.1 Å². The molecular weight excluding hydrogens is 234 g/mol. The van der Waals surface area contributed by atoms with Crippen LogP contribution in [-0.4, -0.2) is 69.4 Å². The fourth-order valence-electron chi connectivity index (χ4n) is 2.58. The Morgan fingerprint density at radius 1 is 1.06 bits per heavy atom. The van der Waals surface area contributed by atoms with Crippen LogP contribution < -0.4 is 0 Å². The molecule has 5 nitrogen and oxygen atoms in total. The quantitative estimate of drug-likeness (QED) is 0.564. The van der Waals surface area contributed by atoms with E-state index in [0.29, 0.717) is 4.90 Å². The van der Waals surface area contributed by atoms with Crippen LogP contribution in [0.2, 0.25) is 0 Å². The van der Waals surface area contributed by atoms with Crippen LogP contribution in [-0.2, 0) is 0 Å². The third-order valence-electron chi connectivity index (χ3n) is 3.82. The third-order valence-corrected chi connectivity index (χ3v) is 3.82. The smallest absolute Gasteiger partial charge is 0.330 e. The van der Waals surface area contributed by atoms with Gasteiger partial charge in [-0.05, 0) is 13.8 Å². The van der Waals surface area contributed by atoms with E-state index in [2.05, 4.69) is 0 Å². The second kappa shape index (κ2) is 3.58. The molecular formula is C10H18F2N2O3. The van der Waals surface area contributed by atoms with Crippen LogP contribution in [0.25, 0.3) is 0 Å². The van der Waals surface area contributed by atoms with Crippen molar-refractivity contribution in [2.75, 3.05) is 26.2 Å². The van der Waals surface area contributed by atoms with Gasteiger partial charge in [-0.1, -0.05) is 0 Å². The number of halogens is 2. The standard InChI is InChI=1S/C10H18F2N2O3/c1-7(2)13-3-8(4-13)5-14(10(15,16)17)6-9(8,11)12/h7,15-17H,3-6H2,1-2H3. The molecule has 0 amide bonds. The summed E-state index contributed by atoms with van der Waals surface area (Å²) in [4.78, 5) is 2.50. The molecule has 0 atom stereocenters. The van der Waals surface area contributed by atoms with Crippen molar-refractivity contribution in [2.24, 2.45) is 5.41 Å². The Morgan fingerprint density at radius 3 is 1.94 bits per heavy atom. The average molecular weight is 252 g/mol. The molecule has 0 radical (unpaired) electrons. The summed E-state index contributed by atoms with van der Waals surface area (Å²) in [5, 5.41) is 26.9. The first-order chi connectivity index (χ1) is 7.57. The maximum Gasteiger partial charge on any atom is 0.346 e. The molecule has 0 unspecified atom stereocenters. The Hall–Kier alpha value is -0.340. The van der Waals surface area contributed by atoms with Gasteiger partial charge in [0, 0.05) is 25.7 Å². The fourth-order valence-corrected chi connectivity index (χ4v) is 2.58. The van der Waals surface area contributed by atoms with Crippen molar-refractivity contribution in [3.05, 3.63) is 0 Å². The summed E-state index contributed by atoms with van der Waals surface area (Å²) in [6.07, 6.45) is -3.16. The molecule has 0 saturated carbocycles. The van der Waals surface area contributed by atoms with Crippen molar-refractivity contribution in [3.63, 3.8) is 0 Å². The lowest BCUT2D eigenvalue weighted by atomic mass is 9.75. The molecule has 0 aliphatic carbocycles. The third kappa shape index (κ3) is 1.96. The normalized spacial score (nSPS) is 28.9. The zero-order valence-corrected chi connectivity index (χ0v) is 9.90. The highest BCUT2D eigenvalue weighted by Crippen LogP contribution is 2.51. The number of alkyl halides is 2. The topological polar surface area (TPSA) is 67.2 Å². The second-order valence-electron chi connectivity index (χ2n) is 5.44. The molecule has 2 heterocycles. The zero-order chi connectivity index (χ0) is 13.1. The fraction of sp³-hybridized carbons (Fsp3) is 1.00. The van der Waals surface area contributed by atoms with Crippen LogP contribution in [0.15, 0.2) is 0 Å². The minimum Gasteiger partial charge on any atom is -0.330 e. The highest BCUT2D eigenvalue weighted by molar-refractivity contribution is 5.11. The molecule has 7 heteroatoms. The van der Waals surface area contributed by atoms with E-state index in [0.717, 1.165) is 0 Å². The summed E-state index contributed by atoms with van der Waals surface area (Å²) in [5.74, 6) is -3.02. The zero-order valence-electron chi connectivity index (χ0n) is 9.90. The van der Waals surface area contributed by atoms with Gasteiger partial charge in [-0.3, -0.25) is 4.90 Å². The number of aliphatic hydroxyl groups is 3. The number of nitrogens with zero attached hydrogens (tertiary/aromatic N) is 2. The molecule has 17 heavy (non-hydrogen) atoms. The van der Waals surface area contributed by atoms with Crippen molar-refractivity contribution in [1.29, 1.82) is 0 Å². The summed E-state index contributed by atoms with van der Waals surface area (Å²) >= 11 is 0. The van der Waals surface area contributed by atoms with Gasteiger partial charge in [0.05, 0.1) is 12.0 Å². The van der Waals surface area contributed by atoms with Crippen molar-refractivity contribution in [3.8, 4) is 0 Å². The van der Waals surface area contributed by atoms with Gasteiger partial charge in [0.1, 0.15) is 0 Å². The molecule has 2 aliphatic rings. The van der Waals surface area contributed by atoms with Crippen LogP contribution in [0.1, 0.15) is 13.8 Å². The molecule has 0 aromatic carbocycles. The molecule has 0 aromatic heterocycles. The van der Waals surface area contributed by atoms with Crippen molar-refractivity contribution in [1.82, 2.24) is 9.80 Å². The Bertz CT molecular complexity index is 311. The number of hydrogen-bond donors (Lipinski definition) is 3. The van der Waals surface area contributed by atoms with Crippen molar-refractivity contribution >= 4 is 0 Å². The summed E-state index contributed by atoms with van der Waals surface area (Å²) < 4.78 is 27.7. The summed E-state index contributed by atoms with van der Waals surface area (Å²) in [6, 6.07) is 0.188. The Labute approximate surface area is 98.2 Å². The van der Waals surface area contributed by atoms with Crippen LogP contribution in [0.5, 0.6) is 0 Å². The van der Waals surface area contributed by atoms with E-state index in [1.165, 1.54) is 0 Å². The highest BCUT2D eigenvalue weighted by Gasteiger charge is 2.67. The van der Waals surface area contributed by atoms with E-state index in [1.54, 1.807) is 0 Å². The van der Waals surface area contributed by atoms with Gasteiger partial charge in [0.25, 0.3) is 5.92 Å². The van der Waals surface area contributed by atoms with Gasteiger partial charge in [0.2, 0.25) is 0 Å². The van der Waals surface area contributed by atoms with Crippen LogP contribution in [0, 0.1) is 5.41 Å². The van der Waals surface area contributed by atoms with Crippen LogP contribution in [0.4, 0.5) is 8.78 Å². The Kier molecular flexibility index (Phi) is 2.76. The summed E-state index contributed by atoms with van der Waals surface area (Å²) in [5.41, 5.74) is -1.27. The van der Waals surface area contributed by atoms with E-state index in [1.807, 2.05) is 18.7 Å². The maximum absolute atomic E-state index is 13.9. The Balaban J connectivity index is 2.11. The lowest BCUT2D eigenvalue weighted by Gasteiger charge is -2.52.